The summed E-state index contributed by atoms with van der Waals surface area (Å²) >= 11 is 0. The summed E-state index contributed by atoms with van der Waals surface area (Å²) in [5.41, 5.74) is 0. The minimum atomic E-state index is -3.84. The topological polar surface area (TPSA) is 0 Å². The molecule has 2 aliphatic carbocycles. The summed E-state index contributed by atoms with van der Waals surface area (Å²) in [6.07, 6.45) is 7.97. The molecule has 2 saturated carbocycles. The van der Waals surface area contributed by atoms with E-state index in [1.165, 1.54) is 0 Å². The highest BCUT2D eigenvalue weighted by Crippen LogP contribution is 2.53. The molecule has 0 radical (unpaired) electrons. The van der Waals surface area contributed by atoms with Crippen LogP contribution in [0.1, 0.15) is 90.9 Å². The van der Waals surface area contributed by atoms with Crippen LogP contribution in [0.25, 0.3) is 0 Å². The van der Waals surface area contributed by atoms with E-state index in [0.717, 1.165) is 25.7 Å². The smallest absolute Gasteiger partial charge is 0.200 e. The Morgan fingerprint density at radius 1 is 0.583 bits per heavy atom. The number of alkyl halides is 4. The van der Waals surface area contributed by atoms with Gasteiger partial charge < -0.3 is 0 Å². The van der Waals surface area contributed by atoms with Crippen molar-refractivity contribution < 1.29 is 17.6 Å². The molecule has 0 aromatic carbocycles. The molecule has 0 aromatic rings. The van der Waals surface area contributed by atoms with Gasteiger partial charge in [-0.2, -0.15) is 17.6 Å². The van der Waals surface area contributed by atoms with Crippen molar-refractivity contribution in [2.45, 2.75) is 103 Å². The Hall–Kier alpha value is -0.280. The number of rotatable bonds is 7. The van der Waals surface area contributed by atoms with Gasteiger partial charge in [-0.3, -0.25) is 0 Å². The van der Waals surface area contributed by atoms with Gasteiger partial charge in [0.25, 0.3) is 0 Å². The van der Waals surface area contributed by atoms with E-state index in [2.05, 4.69) is 13.8 Å². The average Bonchev–Trinajstić information content (AvgIpc) is 2.56. The van der Waals surface area contributed by atoms with Crippen LogP contribution in [0.15, 0.2) is 0 Å². The van der Waals surface area contributed by atoms with Crippen molar-refractivity contribution in [3.63, 3.8) is 0 Å². The van der Waals surface area contributed by atoms with Gasteiger partial charge in [0, 0.05) is 11.8 Å². The molecule has 142 valence electrons. The maximum absolute atomic E-state index is 14.7. The Bertz CT molecular complexity index is 328. The van der Waals surface area contributed by atoms with Crippen molar-refractivity contribution in [1.29, 1.82) is 0 Å². The van der Waals surface area contributed by atoms with Crippen LogP contribution in [-0.4, -0.2) is 11.8 Å². The van der Waals surface area contributed by atoms with Crippen LogP contribution < -0.4 is 0 Å². The first-order valence-electron chi connectivity index (χ1n) is 10.1. The SMILES string of the molecule is CCCC1CCC(C(F)(F)C(F)(F)C2CCC(CCC)CC2)CC1. The maximum Gasteiger partial charge on any atom is 0.313 e. The molecule has 0 aromatic heterocycles. The molecule has 0 atom stereocenters. The van der Waals surface area contributed by atoms with Crippen molar-refractivity contribution in [1.82, 2.24) is 0 Å². The lowest BCUT2D eigenvalue weighted by Gasteiger charge is -2.42. The predicted molar refractivity (Wildman–Crippen MR) is 90.6 cm³/mol. The first kappa shape index (κ1) is 20.0. The lowest BCUT2D eigenvalue weighted by Crippen LogP contribution is -2.52. The third-order valence-corrected chi connectivity index (χ3v) is 6.56. The molecular weight excluding hydrogens is 316 g/mol. The van der Waals surface area contributed by atoms with Gasteiger partial charge in [-0.05, 0) is 63.2 Å². The summed E-state index contributed by atoms with van der Waals surface area (Å²) in [5.74, 6) is -9.03. The van der Waals surface area contributed by atoms with Crippen LogP contribution in [0.4, 0.5) is 17.6 Å². The summed E-state index contributed by atoms with van der Waals surface area (Å²) in [7, 11) is 0. The monoisotopic (exact) mass is 350 g/mol. The predicted octanol–water partition coefficient (Wildman–Crippen LogP) is 7.47. The molecule has 2 aliphatic rings. The molecule has 24 heavy (non-hydrogen) atoms. The summed E-state index contributed by atoms with van der Waals surface area (Å²) in [6, 6.07) is 0. The molecule has 0 amide bonds. The molecule has 2 rings (SSSR count). The minimum Gasteiger partial charge on any atom is -0.200 e. The lowest BCUT2D eigenvalue weighted by atomic mass is 9.71. The Balaban J connectivity index is 1.94. The van der Waals surface area contributed by atoms with Crippen molar-refractivity contribution in [3.8, 4) is 0 Å². The van der Waals surface area contributed by atoms with Crippen molar-refractivity contribution in [3.05, 3.63) is 0 Å². The first-order valence-corrected chi connectivity index (χ1v) is 10.1. The Kier molecular flexibility index (Phi) is 7.01. The molecule has 0 heterocycles. The van der Waals surface area contributed by atoms with E-state index >= 15 is 0 Å². The van der Waals surface area contributed by atoms with Gasteiger partial charge in [-0.25, -0.2) is 0 Å². The minimum absolute atomic E-state index is 0.262. The molecule has 0 spiro atoms. The van der Waals surface area contributed by atoms with E-state index in [-0.39, 0.29) is 25.7 Å². The first-order chi connectivity index (χ1) is 11.3. The largest absolute Gasteiger partial charge is 0.313 e. The third kappa shape index (κ3) is 4.27. The molecular formula is C20H34F4. The van der Waals surface area contributed by atoms with E-state index < -0.39 is 23.7 Å². The van der Waals surface area contributed by atoms with Crippen LogP contribution in [0, 0.1) is 23.7 Å². The average molecular weight is 350 g/mol. The molecule has 0 nitrogen and oxygen atoms in total. The van der Waals surface area contributed by atoms with Crippen LogP contribution in [0.5, 0.6) is 0 Å². The van der Waals surface area contributed by atoms with Gasteiger partial charge in [0.2, 0.25) is 0 Å². The fraction of sp³-hybridized carbons (Fsp3) is 1.00. The van der Waals surface area contributed by atoms with Crippen molar-refractivity contribution in [2.75, 3.05) is 0 Å². The van der Waals surface area contributed by atoms with Gasteiger partial charge in [-0.1, -0.05) is 39.5 Å². The Morgan fingerprint density at radius 2 is 0.875 bits per heavy atom. The number of halogens is 4. The Labute approximate surface area is 144 Å². The summed E-state index contributed by atoms with van der Waals surface area (Å²) in [4.78, 5) is 0. The fourth-order valence-corrected chi connectivity index (χ4v) is 4.99. The zero-order valence-electron chi connectivity index (χ0n) is 15.3. The highest BCUT2D eigenvalue weighted by molar-refractivity contribution is 4.97. The lowest BCUT2D eigenvalue weighted by molar-refractivity contribution is -0.270. The molecule has 0 unspecified atom stereocenters. The molecule has 4 heteroatoms. The molecule has 0 saturated heterocycles. The van der Waals surface area contributed by atoms with Crippen LogP contribution >= 0.6 is 0 Å². The van der Waals surface area contributed by atoms with Crippen LogP contribution in [-0.2, 0) is 0 Å². The second-order valence-corrected chi connectivity index (χ2v) is 8.26. The van der Waals surface area contributed by atoms with Crippen molar-refractivity contribution in [2.24, 2.45) is 23.7 Å². The number of hydrogen-bond donors (Lipinski definition) is 0. The summed E-state index contributed by atoms with van der Waals surface area (Å²) in [5, 5.41) is 0. The Morgan fingerprint density at radius 3 is 1.12 bits per heavy atom. The van der Waals surface area contributed by atoms with E-state index in [4.69, 9.17) is 0 Å². The van der Waals surface area contributed by atoms with Gasteiger partial charge in [0.05, 0.1) is 0 Å². The zero-order chi connectivity index (χ0) is 17.8. The molecule has 0 aliphatic heterocycles. The zero-order valence-corrected chi connectivity index (χ0v) is 15.3. The van der Waals surface area contributed by atoms with E-state index in [1.807, 2.05) is 0 Å². The molecule has 2 fully saturated rings. The second-order valence-electron chi connectivity index (χ2n) is 8.26. The highest BCUT2D eigenvalue weighted by atomic mass is 19.3. The quantitative estimate of drug-likeness (QED) is 0.418. The van der Waals surface area contributed by atoms with Crippen molar-refractivity contribution >= 4 is 0 Å². The highest BCUT2D eigenvalue weighted by Gasteiger charge is 2.64. The van der Waals surface area contributed by atoms with E-state index in [9.17, 15) is 17.6 Å². The van der Waals surface area contributed by atoms with Gasteiger partial charge >= 0.3 is 11.8 Å². The number of hydrogen-bond acceptors (Lipinski definition) is 0. The van der Waals surface area contributed by atoms with Gasteiger partial charge in [-0.15, -0.1) is 0 Å². The summed E-state index contributed by atoms with van der Waals surface area (Å²) in [6.45, 7) is 4.17. The standard InChI is InChI=1S/C20H34F4/c1-3-5-15-7-11-17(12-8-15)19(21,22)20(23,24)18-13-9-16(6-4-2)10-14-18/h15-18H,3-14H2,1-2H3. The third-order valence-electron chi connectivity index (χ3n) is 6.56. The van der Waals surface area contributed by atoms with E-state index in [1.54, 1.807) is 0 Å². The molecule has 0 bridgehead atoms. The van der Waals surface area contributed by atoms with Crippen LogP contribution in [0.2, 0.25) is 0 Å². The summed E-state index contributed by atoms with van der Waals surface area (Å²) < 4.78 is 58.7. The molecule has 0 N–H and O–H groups in total. The second kappa shape index (κ2) is 8.40. The normalized spacial score (nSPS) is 32.8. The van der Waals surface area contributed by atoms with Gasteiger partial charge in [0.15, 0.2) is 0 Å². The van der Waals surface area contributed by atoms with Crippen LogP contribution in [0.3, 0.4) is 0 Å². The maximum atomic E-state index is 14.7. The van der Waals surface area contributed by atoms with Gasteiger partial charge in [0.1, 0.15) is 0 Å². The van der Waals surface area contributed by atoms with E-state index in [0.29, 0.717) is 37.5 Å². The fourth-order valence-electron chi connectivity index (χ4n) is 4.99.